The molecule has 0 saturated carbocycles. The standard InChI is InChI=1S/C12H17N4O4PS.BrH.ClH/c1-8-11(3-4-20-21(17,18)19)22-7-16(8)6-10-5-14-9(2)15-12(10)13;;/h5,7H,3-4,6H2,1-2H3,(H3-,13,14,15,17,18,19);2*1H/p+1. The molecule has 12 heteroatoms. The van der Waals surface area contributed by atoms with Crippen molar-refractivity contribution < 1.29 is 23.4 Å². The number of nitrogens with two attached hydrogens (primary N) is 1. The number of phosphoric acid groups is 1. The van der Waals surface area contributed by atoms with Gasteiger partial charge in [0.05, 0.1) is 17.0 Å². The minimum absolute atomic E-state index is 0. The fourth-order valence-electron chi connectivity index (χ4n) is 1.92. The molecule has 2 aromatic rings. The lowest BCUT2D eigenvalue weighted by Gasteiger charge is -2.04. The first kappa shape index (κ1) is 23.4. The number of aromatic nitrogens is 3. The number of aryl methyl sites for hydroxylation is 1. The number of nitrogen functional groups attached to an aromatic ring is 1. The number of phosphoric ester groups is 1. The number of halogens is 2. The largest absolute Gasteiger partial charge is 0.469 e. The van der Waals surface area contributed by atoms with Crippen molar-refractivity contribution in [2.24, 2.45) is 0 Å². The maximum Gasteiger partial charge on any atom is 0.469 e. The Morgan fingerprint density at radius 2 is 2.08 bits per heavy atom. The molecule has 0 bridgehead atoms. The number of thiazole rings is 1. The fourth-order valence-corrected chi connectivity index (χ4v) is 3.23. The lowest BCUT2D eigenvalue weighted by molar-refractivity contribution is -0.689. The van der Waals surface area contributed by atoms with E-state index in [0.29, 0.717) is 24.6 Å². The van der Waals surface area contributed by atoms with E-state index in [2.05, 4.69) is 14.5 Å². The van der Waals surface area contributed by atoms with Gasteiger partial charge in [-0.25, -0.2) is 14.5 Å². The van der Waals surface area contributed by atoms with Crippen LogP contribution >= 0.6 is 48.5 Å². The summed E-state index contributed by atoms with van der Waals surface area (Å²) in [5.41, 5.74) is 9.65. The molecular formula is C12H20BrClN4O4PS+. The van der Waals surface area contributed by atoms with E-state index >= 15 is 0 Å². The van der Waals surface area contributed by atoms with Crippen molar-refractivity contribution in [1.82, 2.24) is 9.97 Å². The van der Waals surface area contributed by atoms with Gasteiger partial charge in [0.15, 0.2) is 12.2 Å². The van der Waals surface area contributed by atoms with Crippen molar-refractivity contribution in [2.45, 2.75) is 26.8 Å². The summed E-state index contributed by atoms with van der Waals surface area (Å²) < 4.78 is 17.1. The first-order chi connectivity index (χ1) is 10.3. The second-order valence-corrected chi connectivity index (χ2v) is 6.94. The molecule has 0 radical (unpaired) electrons. The zero-order valence-electron chi connectivity index (χ0n) is 13.1. The van der Waals surface area contributed by atoms with E-state index < -0.39 is 7.82 Å². The molecule has 4 N–H and O–H groups in total. The summed E-state index contributed by atoms with van der Waals surface area (Å²) in [7, 11) is -4.41. The van der Waals surface area contributed by atoms with E-state index in [1.165, 1.54) is 11.3 Å². The van der Waals surface area contributed by atoms with Gasteiger partial charge < -0.3 is 15.5 Å². The number of rotatable bonds is 6. The highest BCUT2D eigenvalue weighted by atomic mass is 79.9. The summed E-state index contributed by atoms with van der Waals surface area (Å²) in [5.74, 6) is 1.08. The molecule has 0 atom stereocenters. The van der Waals surface area contributed by atoms with Gasteiger partial charge in [-0.1, -0.05) is 11.3 Å². The van der Waals surface area contributed by atoms with Gasteiger partial charge in [0.1, 0.15) is 11.6 Å². The zero-order valence-corrected chi connectivity index (χ0v) is 17.3. The Morgan fingerprint density at radius 3 is 2.67 bits per heavy atom. The molecule has 2 heterocycles. The number of hydrogen-bond donors (Lipinski definition) is 3. The summed E-state index contributed by atoms with van der Waals surface area (Å²) in [6, 6.07) is 0. The Bertz CT molecular complexity index is 727. The third-order valence-electron chi connectivity index (χ3n) is 3.10. The molecule has 0 unspecified atom stereocenters. The predicted molar refractivity (Wildman–Crippen MR) is 98.8 cm³/mol. The quantitative estimate of drug-likeness (QED) is 0.441. The molecule has 2 rings (SSSR count). The van der Waals surface area contributed by atoms with E-state index in [4.69, 9.17) is 15.5 Å². The van der Waals surface area contributed by atoms with Crippen LogP contribution in [0.25, 0.3) is 0 Å². The molecular weight excluding hydrogens is 443 g/mol. The number of hydrogen-bond acceptors (Lipinski definition) is 6. The van der Waals surface area contributed by atoms with Gasteiger partial charge in [0.25, 0.3) is 0 Å². The highest BCUT2D eigenvalue weighted by Crippen LogP contribution is 2.35. The molecule has 0 fully saturated rings. The first-order valence-corrected chi connectivity index (χ1v) is 8.92. The van der Waals surface area contributed by atoms with E-state index in [0.717, 1.165) is 16.1 Å². The van der Waals surface area contributed by atoms with Gasteiger partial charge in [0.2, 0.25) is 5.51 Å². The Balaban J connectivity index is 0.00000264. The highest BCUT2D eigenvalue weighted by molar-refractivity contribution is 8.93. The Kier molecular flexibility index (Phi) is 9.52. The predicted octanol–water partition coefficient (Wildman–Crippen LogP) is 1.72. The molecule has 0 spiro atoms. The highest BCUT2D eigenvalue weighted by Gasteiger charge is 2.19. The van der Waals surface area contributed by atoms with Gasteiger partial charge in [-0.05, 0) is 6.92 Å². The second-order valence-electron chi connectivity index (χ2n) is 4.76. The van der Waals surface area contributed by atoms with Crippen LogP contribution in [0.4, 0.5) is 5.82 Å². The zero-order chi connectivity index (χ0) is 16.3. The van der Waals surface area contributed by atoms with Crippen molar-refractivity contribution >= 4 is 54.4 Å². The van der Waals surface area contributed by atoms with Crippen LogP contribution in [0.3, 0.4) is 0 Å². The van der Waals surface area contributed by atoms with Crippen molar-refractivity contribution in [2.75, 3.05) is 12.3 Å². The first-order valence-electron chi connectivity index (χ1n) is 6.51. The average Bonchev–Trinajstić information content (AvgIpc) is 2.73. The van der Waals surface area contributed by atoms with Crippen molar-refractivity contribution in [3.05, 3.63) is 33.7 Å². The van der Waals surface area contributed by atoms with E-state index in [-0.39, 0.29) is 36.0 Å². The molecule has 0 aromatic carbocycles. The Morgan fingerprint density at radius 1 is 1.42 bits per heavy atom. The van der Waals surface area contributed by atoms with Crippen LogP contribution in [0.1, 0.15) is 22.0 Å². The van der Waals surface area contributed by atoms with Crippen LogP contribution in [-0.4, -0.2) is 26.4 Å². The van der Waals surface area contributed by atoms with Gasteiger partial charge in [-0.3, -0.25) is 4.52 Å². The summed E-state index contributed by atoms with van der Waals surface area (Å²) in [5, 5.41) is 0. The Hall–Kier alpha value is -0.610. The smallest absolute Gasteiger partial charge is 0.383 e. The molecule has 0 aliphatic carbocycles. The third-order valence-corrected chi connectivity index (χ3v) is 4.77. The second kappa shape index (κ2) is 9.76. The Labute approximate surface area is 160 Å². The van der Waals surface area contributed by atoms with Crippen LogP contribution in [0.15, 0.2) is 11.7 Å². The summed E-state index contributed by atoms with van der Waals surface area (Å²) >= 11 is 1.50. The summed E-state index contributed by atoms with van der Waals surface area (Å²) in [6.07, 6.45) is 2.15. The lowest BCUT2D eigenvalue weighted by Crippen LogP contribution is -2.35. The maximum absolute atomic E-state index is 10.7. The van der Waals surface area contributed by atoms with Crippen LogP contribution in [-0.2, 0) is 22.1 Å². The van der Waals surface area contributed by atoms with Crippen LogP contribution < -0.4 is 10.3 Å². The maximum atomic E-state index is 10.7. The molecule has 8 nitrogen and oxygen atoms in total. The molecule has 0 saturated heterocycles. The van der Waals surface area contributed by atoms with Crippen LogP contribution in [0.2, 0.25) is 0 Å². The molecule has 0 aliphatic heterocycles. The summed E-state index contributed by atoms with van der Waals surface area (Å²) in [6.45, 7) is 4.24. The van der Waals surface area contributed by atoms with Gasteiger partial charge in [-0.2, -0.15) is 4.57 Å². The number of anilines is 1. The van der Waals surface area contributed by atoms with Gasteiger partial charge in [-0.15, -0.1) is 29.4 Å². The minimum atomic E-state index is -4.41. The number of nitrogens with zero attached hydrogens (tertiary/aromatic N) is 3. The molecule has 0 aliphatic rings. The molecule has 136 valence electrons. The summed E-state index contributed by atoms with van der Waals surface area (Å²) in [4.78, 5) is 26.6. The monoisotopic (exact) mass is 461 g/mol. The molecule has 2 aromatic heterocycles. The molecule has 24 heavy (non-hydrogen) atoms. The average molecular weight is 463 g/mol. The topological polar surface area (TPSA) is 122 Å². The van der Waals surface area contributed by atoms with Crippen molar-refractivity contribution in [1.29, 1.82) is 0 Å². The molecule has 0 amide bonds. The fraction of sp³-hybridized carbons (Fsp3) is 0.417. The van der Waals surface area contributed by atoms with Crippen molar-refractivity contribution in [3.8, 4) is 0 Å². The SMILES string of the molecule is Br.Cc1ncc(C[n+]2csc(CCOP(=O)(O)O)c2C)c(N)n1.Cl. The van der Waals surface area contributed by atoms with Crippen molar-refractivity contribution in [3.63, 3.8) is 0 Å². The minimum Gasteiger partial charge on any atom is -0.383 e. The lowest BCUT2D eigenvalue weighted by atomic mass is 10.2. The van der Waals surface area contributed by atoms with Crippen LogP contribution in [0, 0.1) is 13.8 Å². The van der Waals surface area contributed by atoms with Crippen LogP contribution in [0.5, 0.6) is 0 Å². The van der Waals surface area contributed by atoms with Gasteiger partial charge in [0, 0.05) is 19.5 Å². The van der Waals surface area contributed by atoms with Gasteiger partial charge >= 0.3 is 7.82 Å². The van der Waals surface area contributed by atoms with E-state index in [9.17, 15) is 4.57 Å². The normalized spacial score (nSPS) is 10.8. The van der Waals surface area contributed by atoms with E-state index in [1.54, 1.807) is 13.1 Å². The third kappa shape index (κ3) is 6.72. The van der Waals surface area contributed by atoms with E-state index in [1.807, 2.05) is 17.0 Å².